The maximum atomic E-state index is 12.5. The third-order valence-electron chi connectivity index (χ3n) is 4.91. The van der Waals surface area contributed by atoms with E-state index in [1.807, 2.05) is 17.0 Å². The molecule has 0 aromatic carbocycles. The Kier molecular flexibility index (Phi) is 5.62. The number of rotatable bonds is 4. The number of hydrogen-bond acceptors (Lipinski definition) is 3. The second-order valence-electron chi connectivity index (χ2n) is 6.62. The van der Waals surface area contributed by atoms with E-state index in [-0.39, 0.29) is 17.7 Å². The molecule has 2 aliphatic rings. The zero-order chi connectivity index (χ0) is 16.8. The molecule has 0 spiro atoms. The number of hydrogen-bond donors (Lipinski definition) is 1. The lowest BCUT2D eigenvalue weighted by Gasteiger charge is -2.32. The molecule has 1 saturated heterocycles. The number of nitrogens with zero attached hydrogens (tertiary/aromatic N) is 2. The van der Waals surface area contributed by atoms with Crippen LogP contribution >= 0.6 is 0 Å². The first-order chi connectivity index (χ1) is 11.7. The lowest BCUT2D eigenvalue weighted by molar-refractivity contribution is -0.133. The molecule has 1 aliphatic carbocycles. The molecule has 5 nitrogen and oxygen atoms in total. The van der Waals surface area contributed by atoms with Gasteiger partial charge < -0.3 is 10.2 Å². The summed E-state index contributed by atoms with van der Waals surface area (Å²) in [5.41, 5.74) is 1.98. The predicted octanol–water partition coefficient (Wildman–Crippen LogP) is 2.44. The maximum Gasteiger partial charge on any atom is 0.249 e. The molecule has 1 aromatic heterocycles. The summed E-state index contributed by atoms with van der Waals surface area (Å²) in [5.74, 6) is 0.276. The average Bonchev–Trinajstić information content (AvgIpc) is 2.67. The van der Waals surface area contributed by atoms with E-state index >= 15 is 0 Å². The summed E-state index contributed by atoms with van der Waals surface area (Å²) in [5, 5.41) is 2.98. The summed E-state index contributed by atoms with van der Waals surface area (Å²) in [6, 6.07) is 3.82. The molecule has 0 atom stereocenters. The number of aromatic nitrogens is 1. The largest absolute Gasteiger partial charge is 0.352 e. The minimum absolute atomic E-state index is 0.00561. The van der Waals surface area contributed by atoms with Crippen molar-refractivity contribution < 1.29 is 9.59 Å². The van der Waals surface area contributed by atoms with Crippen molar-refractivity contribution in [3.05, 3.63) is 41.7 Å². The number of nitrogens with one attached hydrogen (secondary N) is 1. The molecule has 24 heavy (non-hydrogen) atoms. The van der Waals surface area contributed by atoms with Crippen molar-refractivity contribution in [3.8, 4) is 0 Å². The number of amides is 2. The van der Waals surface area contributed by atoms with Gasteiger partial charge in [-0.1, -0.05) is 12.1 Å². The van der Waals surface area contributed by atoms with Crippen LogP contribution in [0.25, 0.3) is 0 Å². The van der Waals surface area contributed by atoms with Gasteiger partial charge in [-0.2, -0.15) is 0 Å². The molecular weight excluding hydrogens is 302 g/mol. The van der Waals surface area contributed by atoms with Crippen LogP contribution in [-0.2, 0) is 16.1 Å². The number of allylic oxidation sites excluding steroid dienone is 1. The Bertz CT molecular complexity index is 604. The molecule has 128 valence electrons. The smallest absolute Gasteiger partial charge is 0.249 e. The van der Waals surface area contributed by atoms with E-state index in [9.17, 15) is 9.59 Å². The molecule has 5 heteroatoms. The monoisotopic (exact) mass is 327 g/mol. The number of piperidine rings is 1. The van der Waals surface area contributed by atoms with E-state index in [0.717, 1.165) is 43.2 Å². The van der Waals surface area contributed by atoms with Gasteiger partial charge in [0.25, 0.3) is 0 Å². The van der Waals surface area contributed by atoms with Gasteiger partial charge in [0.1, 0.15) is 0 Å². The van der Waals surface area contributed by atoms with E-state index in [4.69, 9.17) is 0 Å². The number of carbonyl (C=O) groups excluding carboxylic acids is 2. The van der Waals surface area contributed by atoms with E-state index in [0.29, 0.717) is 19.6 Å². The van der Waals surface area contributed by atoms with Crippen LogP contribution in [0.1, 0.15) is 44.1 Å². The molecule has 3 rings (SSSR count). The molecular formula is C19H25N3O2. The summed E-state index contributed by atoms with van der Waals surface area (Å²) in [4.78, 5) is 30.8. The summed E-state index contributed by atoms with van der Waals surface area (Å²) in [6.45, 7) is 1.88. The topological polar surface area (TPSA) is 62.3 Å². The fourth-order valence-corrected chi connectivity index (χ4v) is 3.42. The lowest BCUT2D eigenvalue weighted by Crippen LogP contribution is -2.43. The van der Waals surface area contributed by atoms with Crippen molar-refractivity contribution in [1.29, 1.82) is 0 Å². The third-order valence-corrected chi connectivity index (χ3v) is 4.91. The fourth-order valence-electron chi connectivity index (χ4n) is 3.42. The number of likely N-dealkylation sites (tertiary alicyclic amines) is 1. The van der Waals surface area contributed by atoms with Crippen molar-refractivity contribution in [1.82, 2.24) is 15.2 Å². The Morgan fingerprint density at radius 1 is 1.25 bits per heavy atom. The Labute approximate surface area is 143 Å². The van der Waals surface area contributed by atoms with E-state index in [1.54, 1.807) is 12.4 Å². The highest BCUT2D eigenvalue weighted by atomic mass is 16.2. The highest BCUT2D eigenvalue weighted by molar-refractivity contribution is 5.93. The first-order valence-corrected chi connectivity index (χ1v) is 8.89. The van der Waals surface area contributed by atoms with Crippen molar-refractivity contribution in [2.45, 2.75) is 45.1 Å². The molecule has 2 heterocycles. The molecule has 1 aromatic rings. The molecule has 0 saturated carbocycles. The molecule has 0 bridgehead atoms. The zero-order valence-electron chi connectivity index (χ0n) is 14.0. The Balaban J connectivity index is 1.45. The minimum Gasteiger partial charge on any atom is -0.352 e. The maximum absolute atomic E-state index is 12.5. The van der Waals surface area contributed by atoms with Crippen LogP contribution in [0.3, 0.4) is 0 Å². The normalized spacial score (nSPS) is 18.8. The van der Waals surface area contributed by atoms with Crippen molar-refractivity contribution in [3.63, 3.8) is 0 Å². The van der Waals surface area contributed by atoms with Gasteiger partial charge in [0, 0.05) is 43.5 Å². The molecule has 1 N–H and O–H groups in total. The molecule has 1 aliphatic heterocycles. The Morgan fingerprint density at radius 3 is 2.75 bits per heavy atom. The third kappa shape index (κ3) is 4.22. The number of pyridine rings is 1. The predicted molar refractivity (Wildman–Crippen MR) is 91.9 cm³/mol. The van der Waals surface area contributed by atoms with E-state index in [1.165, 1.54) is 6.42 Å². The van der Waals surface area contributed by atoms with Crippen LogP contribution in [-0.4, -0.2) is 34.8 Å². The first kappa shape index (κ1) is 16.7. The minimum atomic E-state index is 0.00561. The average molecular weight is 327 g/mol. The van der Waals surface area contributed by atoms with Gasteiger partial charge >= 0.3 is 0 Å². The highest BCUT2D eigenvalue weighted by Crippen LogP contribution is 2.23. The van der Waals surface area contributed by atoms with Gasteiger partial charge in [0.15, 0.2) is 0 Å². The summed E-state index contributed by atoms with van der Waals surface area (Å²) in [7, 11) is 0. The summed E-state index contributed by atoms with van der Waals surface area (Å²) in [6.07, 6.45) is 11.3. The zero-order valence-corrected chi connectivity index (χ0v) is 14.0. The van der Waals surface area contributed by atoms with E-state index in [2.05, 4.69) is 16.4 Å². The van der Waals surface area contributed by atoms with Crippen LogP contribution < -0.4 is 5.32 Å². The second-order valence-corrected chi connectivity index (χ2v) is 6.62. The first-order valence-electron chi connectivity index (χ1n) is 8.89. The Hall–Kier alpha value is -2.17. The van der Waals surface area contributed by atoms with E-state index < -0.39 is 0 Å². The lowest BCUT2D eigenvalue weighted by atomic mass is 9.93. The van der Waals surface area contributed by atoms with Crippen molar-refractivity contribution in [2.75, 3.05) is 13.1 Å². The molecule has 0 radical (unpaired) electrons. The van der Waals surface area contributed by atoms with Crippen molar-refractivity contribution in [2.24, 2.45) is 5.92 Å². The van der Waals surface area contributed by atoms with Crippen LogP contribution in [0.5, 0.6) is 0 Å². The number of carbonyl (C=O) groups is 2. The van der Waals surface area contributed by atoms with Gasteiger partial charge in [-0.05, 0) is 50.2 Å². The van der Waals surface area contributed by atoms with Gasteiger partial charge in [-0.3, -0.25) is 14.6 Å². The Morgan fingerprint density at radius 2 is 2.08 bits per heavy atom. The van der Waals surface area contributed by atoms with Gasteiger partial charge in [0.2, 0.25) is 11.8 Å². The fraction of sp³-hybridized carbons (Fsp3) is 0.526. The molecule has 1 fully saturated rings. The summed E-state index contributed by atoms with van der Waals surface area (Å²) < 4.78 is 0. The van der Waals surface area contributed by atoms with Crippen LogP contribution in [0, 0.1) is 5.92 Å². The molecule has 0 unspecified atom stereocenters. The SMILES string of the molecule is O=C(NCc1cccnc1)C1CCN(C(=O)C2=CCCCC2)CC1. The van der Waals surface area contributed by atoms with Crippen LogP contribution in [0.2, 0.25) is 0 Å². The van der Waals surface area contributed by atoms with Gasteiger partial charge in [-0.15, -0.1) is 0 Å². The quantitative estimate of drug-likeness (QED) is 0.924. The summed E-state index contributed by atoms with van der Waals surface area (Å²) >= 11 is 0. The van der Waals surface area contributed by atoms with Crippen molar-refractivity contribution >= 4 is 11.8 Å². The van der Waals surface area contributed by atoms with Gasteiger partial charge in [0.05, 0.1) is 0 Å². The standard InChI is InChI=1S/C19H25N3O2/c23-18(21-14-15-5-4-10-20-13-15)16-8-11-22(12-9-16)19(24)17-6-2-1-3-7-17/h4-6,10,13,16H,1-3,7-9,11-12,14H2,(H,21,23). The highest BCUT2D eigenvalue weighted by Gasteiger charge is 2.28. The van der Waals surface area contributed by atoms with Gasteiger partial charge in [-0.25, -0.2) is 0 Å². The molecule has 2 amide bonds. The van der Waals surface area contributed by atoms with Crippen LogP contribution in [0.15, 0.2) is 36.2 Å². The van der Waals surface area contributed by atoms with Crippen LogP contribution in [0.4, 0.5) is 0 Å². The second kappa shape index (κ2) is 8.08.